The molecule has 1 N–H and O–H groups in total. The Morgan fingerprint density at radius 2 is 1.85 bits per heavy atom. The van der Waals surface area contributed by atoms with E-state index in [9.17, 15) is 4.79 Å². The number of hydrogen-bond acceptors (Lipinski definition) is 2. The molecule has 0 atom stereocenters. The zero-order valence-corrected chi connectivity index (χ0v) is 11.8. The van der Waals surface area contributed by atoms with Gasteiger partial charge in [0.1, 0.15) is 0 Å². The SMILES string of the molecule is O=C(NCC12CC3CC(CC(C3)C1)C2)c1cccnc1. The molecule has 4 aliphatic carbocycles. The first-order chi connectivity index (χ1) is 9.72. The molecule has 0 radical (unpaired) electrons. The fourth-order valence-corrected chi connectivity index (χ4v) is 5.37. The summed E-state index contributed by atoms with van der Waals surface area (Å²) in [6.07, 6.45) is 11.7. The molecule has 0 spiro atoms. The molecule has 4 saturated carbocycles. The maximum Gasteiger partial charge on any atom is 0.252 e. The van der Waals surface area contributed by atoms with Gasteiger partial charge in [-0.3, -0.25) is 9.78 Å². The minimum absolute atomic E-state index is 0.0360. The van der Waals surface area contributed by atoms with Gasteiger partial charge < -0.3 is 5.32 Å². The van der Waals surface area contributed by atoms with E-state index in [1.165, 1.54) is 38.5 Å². The number of nitrogens with one attached hydrogen (secondary N) is 1. The zero-order valence-electron chi connectivity index (χ0n) is 11.8. The first-order valence-electron chi connectivity index (χ1n) is 7.91. The van der Waals surface area contributed by atoms with Crippen LogP contribution in [0.1, 0.15) is 48.9 Å². The third kappa shape index (κ3) is 2.13. The van der Waals surface area contributed by atoms with E-state index in [2.05, 4.69) is 10.3 Å². The van der Waals surface area contributed by atoms with Crippen LogP contribution < -0.4 is 5.32 Å². The van der Waals surface area contributed by atoms with Crippen molar-refractivity contribution in [3.8, 4) is 0 Å². The van der Waals surface area contributed by atoms with Gasteiger partial charge in [0, 0.05) is 18.9 Å². The number of nitrogens with zero attached hydrogens (tertiary/aromatic N) is 1. The van der Waals surface area contributed by atoms with Crippen molar-refractivity contribution in [3.63, 3.8) is 0 Å². The van der Waals surface area contributed by atoms with Crippen molar-refractivity contribution in [2.45, 2.75) is 38.5 Å². The molecule has 0 unspecified atom stereocenters. The van der Waals surface area contributed by atoms with Crippen molar-refractivity contribution in [1.29, 1.82) is 0 Å². The van der Waals surface area contributed by atoms with Crippen LogP contribution >= 0.6 is 0 Å². The lowest BCUT2D eigenvalue weighted by Crippen LogP contribution is -2.51. The van der Waals surface area contributed by atoms with Gasteiger partial charge in [0.05, 0.1) is 5.56 Å². The summed E-state index contributed by atoms with van der Waals surface area (Å²) in [5, 5.41) is 3.18. The Kier molecular flexibility index (Phi) is 2.83. The van der Waals surface area contributed by atoms with Crippen LogP contribution in [0.25, 0.3) is 0 Å². The van der Waals surface area contributed by atoms with Gasteiger partial charge in [0.15, 0.2) is 0 Å². The quantitative estimate of drug-likeness (QED) is 0.917. The fourth-order valence-electron chi connectivity index (χ4n) is 5.37. The van der Waals surface area contributed by atoms with Crippen LogP contribution in [0.4, 0.5) is 0 Å². The minimum Gasteiger partial charge on any atom is -0.351 e. The molecule has 1 aromatic rings. The largest absolute Gasteiger partial charge is 0.351 e. The van der Waals surface area contributed by atoms with Gasteiger partial charge in [-0.2, -0.15) is 0 Å². The molecule has 3 heteroatoms. The lowest BCUT2D eigenvalue weighted by atomic mass is 9.49. The van der Waals surface area contributed by atoms with Gasteiger partial charge in [-0.05, 0) is 73.8 Å². The smallest absolute Gasteiger partial charge is 0.252 e. The van der Waals surface area contributed by atoms with Crippen molar-refractivity contribution >= 4 is 5.91 Å². The fraction of sp³-hybridized carbons (Fsp3) is 0.647. The highest BCUT2D eigenvalue weighted by Crippen LogP contribution is 2.59. The van der Waals surface area contributed by atoms with Crippen LogP contribution in [0.3, 0.4) is 0 Å². The Bertz CT molecular complexity index is 476. The monoisotopic (exact) mass is 270 g/mol. The predicted molar refractivity (Wildman–Crippen MR) is 77.2 cm³/mol. The first-order valence-corrected chi connectivity index (χ1v) is 7.91. The van der Waals surface area contributed by atoms with Gasteiger partial charge >= 0.3 is 0 Å². The maximum absolute atomic E-state index is 12.2. The van der Waals surface area contributed by atoms with E-state index in [1.807, 2.05) is 12.1 Å². The average molecular weight is 270 g/mol. The number of amides is 1. The van der Waals surface area contributed by atoms with Crippen LogP contribution in [0.2, 0.25) is 0 Å². The van der Waals surface area contributed by atoms with Crippen LogP contribution in [-0.2, 0) is 0 Å². The third-order valence-corrected chi connectivity index (χ3v) is 5.71. The van der Waals surface area contributed by atoms with Gasteiger partial charge in [-0.25, -0.2) is 0 Å². The molecule has 4 bridgehead atoms. The summed E-state index contributed by atoms with van der Waals surface area (Å²) in [5.41, 5.74) is 1.09. The third-order valence-electron chi connectivity index (χ3n) is 5.71. The number of aromatic nitrogens is 1. The number of carbonyl (C=O) groups is 1. The highest BCUT2D eigenvalue weighted by Gasteiger charge is 2.50. The van der Waals surface area contributed by atoms with Crippen LogP contribution in [-0.4, -0.2) is 17.4 Å². The summed E-state index contributed by atoms with van der Waals surface area (Å²) in [4.78, 5) is 16.2. The molecule has 4 fully saturated rings. The summed E-state index contributed by atoms with van der Waals surface area (Å²) in [6.45, 7) is 0.865. The van der Waals surface area contributed by atoms with Crippen molar-refractivity contribution in [2.75, 3.05) is 6.54 Å². The molecule has 3 nitrogen and oxygen atoms in total. The van der Waals surface area contributed by atoms with E-state index in [4.69, 9.17) is 0 Å². The molecule has 4 aliphatic rings. The summed E-state index contributed by atoms with van der Waals surface area (Å²) >= 11 is 0. The van der Waals surface area contributed by atoms with E-state index in [0.717, 1.165) is 24.3 Å². The van der Waals surface area contributed by atoms with E-state index >= 15 is 0 Å². The molecular weight excluding hydrogens is 248 g/mol. The molecule has 20 heavy (non-hydrogen) atoms. The topological polar surface area (TPSA) is 42.0 Å². The Labute approximate surface area is 120 Å². The summed E-state index contributed by atoms with van der Waals surface area (Å²) in [7, 11) is 0. The Hall–Kier alpha value is -1.38. The number of hydrogen-bond donors (Lipinski definition) is 1. The second-order valence-corrected chi connectivity index (χ2v) is 7.34. The zero-order chi connectivity index (χ0) is 13.6. The van der Waals surface area contributed by atoms with Crippen molar-refractivity contribution < 1.29 is 4.79 Å². The molecular formula is C17H22N2O. The molecule has 106 valence electrons. The van der Waals surface area contributed by atoms with Crippen molar-refractivity contribution in [2.24, 2.45) is 23.2 Å². The Balaban J connectivity index is 1.43. The molecule has 1 heterocycles. The summed E-state index contributed by atoms with van der Waals surface area (Å²) < 4.78 is 0. The molecule has 0 saturated heterocycles. The maximum atomic E-state index is 12.2. The second-order valence-electron chi connectivity index (χ2n) is 7.34. The van der Waals surface area contributed by atoms with Crippen molar-refractivity contribution in [1.82, 2.24) is 10.3 Å². The lowest BCUT2D eigenvalue weighted by Gasteiger charge is -2.56. The molecule has 1 aromatic heterocycles. The standard InChI is InChI=1S/C17H22N2O/c20-16(15-2-1-3-18-10-15)19-11-17-7-12-4-13(8-17)6-14(5-12)9-17/h1-3,10,12-14H,4-9,11H2,(H,19,20). The van der Waals surface area contributed by atoms with E-state index in [-0.39, 0.29) is 5.91 Å². The van der Waals surface area contributed by atoms with Gasteiger partial charge in [0.2, 0.25) is 0 Å². The number of pyridine rings is 1. The number of carbonyl (C=O) groups excluding carboxylic acids is 1. The van der Waals surface area contributed by atoms with Crippen LogP contribution in [0.15, 0.2) is 24.5 Å². The molecule has 5 rings (SSSR count). The normalized spacial score (nSPS) is 37.9. The highest BCUT2D eigenvalue weighted by molar-refractivity contribution is 5.93. The van der Waals surface area contributed by atoms with Crippen LogP contribution in [0, 0.1) is 23.2 Å². The first kappa shape index (κ1) is 12.4. The van der Waals surface area contributed by atoms with Gasteiger partial charge in [-0.15, -0.1) is 0 Å². The minimum atomic E-state index is 0.0360. The average Bonchev–Trinajstić information content (AvgIpc) is 2.44. The molecule has 0 aliphatic heterocycles. The van der Waals surface area contributed by atoms with Crippen LogP contribution in [0.5, 0.6) is 0 Å². The Morgan fingerprint density at radius 3 is 2.40 bits per heavy atom. The summed E-state index contributed by atoms with van der Waals surface area (Å²) in [5.74, 6) is 2.86. The van der Waals surface area contributed by atoms with E-state index < -0.39 is 0 Å². The lowest BCUT2D eigenvalue weighted by molar-refractivity contribution is -0.0503. The van der Waals surface area contributed by atoms with Gasteiger partial charge in [-0.1, -0.05) is 0 Å². The van der Waals surface area contributed by atoms with Gasteiger partial charge in [0.25, 0.3) is 5.91 Å². The van der Waals surface area contributed by atoms with Crippen molar-refractivity contribution in [3.05, 3.63) is 30.1 Å². The predicted octanol–water partition coefficient (Wildman–Crippen LogP) is 3.03. The molecule has 1 amide bonds. The summed E-state index contributed by atoms with van der Waals surface area (Å²) in [6, 6.07) is 3.65. The second kappa shape index (κ2) is 4.57. The number of rotatable bonds is 3. The van der Waals surface area contributed by atoms with E-state index in [0.29, 0.717) is 11.0 Å². The molecule has 0 aromatic carbocycles. The Morgan fingerprint density at radius 1 is 1.20 bits per heavy atom. The highest BCUT2D eigenvalue weighted by atomic mass is 16.1. The van der Waals surface area contributed by atoms with E-state index in [1.54, 1.807) is 12.4 Å².